The molecule has 2 nitrogen and oxygen atoms in total. The lowest BCUT2D eigenvalue weighted by Gasteiger charge is -2.05. The maximum Gasteiger partial charge on any atom is 0.0992 e. The van der Waals surface area contributed by atoms with Gasteiger partial charge in [-0.2, -0.15) is 5.26 Å². The van der Waals surface area contributed by atoms with Gasteiger partial charge in [0.1, 0.15) is 0 Å². The Balaban J connectivity index is 2.75. The van der Waals surface area contributed by atoms with Crippen LogP contribution in [-0.4, -0.2) is 6.54 Å². The zero-order valence-electron chi connectivity index (χ0n) is 7.30. The van der Waals surface area contributed by atoms with Crippen LogP contribution in [0.25, 0.3) is 0 Å². The molecule has 0 saturated carbocycles. The van der Waals surface area contributed by atoms with Crippen molar-refractivity contribution in [3.8, 4) is 6.07 Å². The van der Waals surface area contributed by atoms with Crippen molar-refractivity contribution in [2.24, 2.45) is 0 Å². The molecule has 14 heavy (non-hydrogen) atoms. The second-order valence-electron chi connectivity index (χ2n) is 2.55. The van der Waals surface area contributed by atoms with Crippen LogP contribution in [0.1, 0.15) is 5.56 Å². The third-order valence-corrected chi connectivity index (χ3v) is 2.43. The van der Waals surface area contributed by atoms with Gasteiger partial charge in [-0.3, -0.25) is 0 Å². The molecule has 0 atom stereocenters. The van der Waals surface area contributed by atoms with Crippen LogP contribution in [0, 0.1) is 11.3 Å². The number of halogens is 2. The molecule has 0 bridgehead atoms. The van der Waals surface area contributed by atoms with Crippen LogP contribution in [0.5, 0.6) is 0 Å². The third kappa shape index (κ3) is 3.06. The maximum atomic E-state index is 8.65. The predicted octanol–water partition coefficient (Wildman–Crippen LogP) is 3.49. The van der Waals surface area contributed by atoms with Crippen molar-refractivity contribution in [2.75, 3.05) is 11.9 Å². The van der Waals surface area contributed by atoms with Crippen molar-refractivity contribution in [1.29, 1.82) is 5.26 Å². The van der Waals surface area contributed by atoms with Gasteiger partial charge >= 0.3 is 0 Å². The van der Waals surface area contributed by atoms with E-state index in [1.807, 2.05) is 6.07 Å². The zero-order chi connectivity index (χ0) is 10.4. The van der Waals surface area contributed by atoms with Gasteiger partial charge in [0, 0.05) is 22.2 Å². The summed E-state index contributed by atoms with van der Waals surface area (Å²) in [5.74, 6) is 0. The first-order valence-corrected chi connectivity index (χ1v) is 5.19. The van der Waals surface area contributed by atoms with E-state index in [1.54, 1.807) is 18.2 Å². The molecule has 0 amide bonds. The van der Waals surface area contributed by atoms with E-state index in [4.69, 9.17) is 16.9 Å². The first-order chi connectivity index (χ1) is 6.77. The average Bonchev–Trinajstić information content (AvgIpc) is 2.20. The second-order valence-corrected chi connectivity index (χ2v) is 3.66. The fourth-order valence-electron chi connectivity index (χ4n) is 0.941. The highest BCUT2D eigenvalue weighted by Crippen LogP contribution is 2.23. The summed E-state index contributed by atoms with van der Waals surface area (Å²) in [7, 11) is 0. The van der Waals surface area contributed by atoms with E-state index >= 15 is 0 Å². The Bertz CT molecular complexity index is 382. The number of benzene rings is 1. The summed E-state index contributed by atoms with van der Waals surface area (Å²) in [4.78, 5) is 0. The molecule has 0 spiro atoms. The van der Waals surface area contributed by atoms with Crippen molar-refractivity contribution in [1.82, 2.24) is 0 Å². The van der Waals surface area contributed by atoms with E-state index in [2.05, 4.69) is 27.3 Å². The third-order valence-electron chi connectivity index (χ3n) is 1.60. The Labute approximate surface area is 96.3 Å². The van der Waals surface area contributed by atoms with Gasteiger partial charge in [-0.1, -0.05) is 17.7 Å². The van der Waals surface area contributed by atoms with Crippen LogP contribution in [-0.2, 0) is 0 Å². The summed E-state index contributed by atoms with van der Waals surface area (Å²) in [5, 5.41) is 11.8. The van der Waals surface area contributed by atoms with Gasteiger partial charge in [-0.25, -0.2) is 0 Å². The summed E-state index contributed by atoms with van der Waals surface area (Å²) in [6, 6.07) is 7.45. The lowest BCUT2D eigenvalue weighted by molar-refractivity contribution is 1.32. The van der Waals surface area contributed by atoms with Crippen molar-refractivity contribution in [3.05, 3.63) is 39.8 Å². The molecular formula is C10H8BrClN2. The highest BCUT2D eigenvalue weighted by Gasteiger charge is 1.99. The first-order valence-electron chi connectivity index (χ1n) is 3.96. The summed E-state index contributed by atoms with van der Waals surface area (Å²) in [5.41, 5.74) is 3.04. The molecule has 0 aliphatic carbocycles. The fraction of sp³-hybridized carbons (Fsp3) is 0.100. The van der Waals surface area contributed by atoms with E-state index in [0.29, 0.717) is 12.1 Å². The number of nitrogens with zero attached hydrogens (tertiary/aromatic N) is 1. The highest BCUT2D eigenvalue weighted by atomic mass is 79.9. The molecule has 0 aliphatic heterocycles. The van der Waals surface area contributed by atoms with E-state index in [0.717, 1.165) is 10.2 Å². The SMILES string of the molecule is N#Cc1ccc(NC/C=C/Cl)c(Br)c1. The quantitative estimate of drug-likeness (QED) is 0.913. The second kappa shape index (κ2) is 5.69. The fourth-order valence-corrected chi connectivity index (χ4v) is 1.55. The van der Waals surface area contributed by atoms with Crippen LogP contribution in [0.15, 0.2) is 34.3 Å². The van der Waals surface area contributed by atoms with E-state index in [9.17, 15) is 0 Å². The molecule has 0 radical (unpaired) electrons. The van der Waals surface area contributed by atoms with Crippen molar-refractivity contribution < 1.29 is 0 Å². The highest BCUT2D eigenvalue weighted by molar-refractivity contribution is 9.10. The molecule has 1 aromatic carbocycles. The Hall–Kier alpha value is -0.980. The topological polar surface area (TPSA) is 35.8 Å². The predicted molar refractivity (Wildman–Crippen MR) is 62.3 cm³/mol. The molecule has 0 unspecified atom stereocenters. The molecule has 1 aromatic rings. The molecule has 1 N–H and O–H groups in total. The standard InChI is InChI=1S/C10H8BrClN2/c11-9-6-8(7-13)2-3-10(9)14-5-1-4-12/h1-4,6,14H,5H2/b4-1+. The molecular weight excluding hydrogens is 263 g/mol. The van der Waals surface area contributed by atoms with Gasteiger partial charge in [0.25, 0.3) is 0 Å². The van der Waals surface area contributed by atoms with Gasteiger partial charge in [0.05, 0.1) is 11.6 Å². The molecule has 0 heterocycles. The summed E-state index contributed by atoms with van der Waals surface area (Å²) < 4.78 is 0.875. The van der Waals surface area contributed by atoms with Crippen LogP contribution in [0.2, 0.25) is 0 Å². The van der Waals surface area contributed by atoms with E-state index < -0.39 is 0 Å². The van der Waals surface area contributed by atoms with Crippen LogP contribution in [0.3, 0.4) is 0 Å². The smallest absolute Gasteiger partial charge is 0.0992 e. The van der Waals surface area contributed by atoms with Crippen molar-refractivity contribution in [3.63, 3.8) is 0 Å². The van der Waals surface area contributed by atoms with Crippen LogP contribution < -0.4 is 5.32 Å². The van der Waals surface area contributed by atoms with Gasteiger partial charge in [0.2, 0.25) is 0 Å². The number of nitriles is 1. The van der Waals surface area contributed by atoms with Crippen LogP contribution >= 0.6 is 27.5 Å². The van der Waals surface area contributed by atoms with Gasteiger partial charge in [-0.15, -0.1) is 0 Å². The molecule has 72 valence electrons. The Morgan fingerprint density at radius 1 is 1.57 bits per heavy atom. The monoisotopic (exact) mass is 270 g/mol. The number of hydrogen-bond acceptors (Lipinski definition) is 2. The summed E-state index contributed by atoms with van der Waals surface area (Å²) in [6.45, 7) is 0.661. The number of hydrogen-bond donors (Lipinski definition) is 1. The summed E-state index contributed by atoms with van der Waals surface area (Å²) in [6.07, 6.45) is 1.80. The molecule has 0 aromatic heterocycles. The minimum absolute atomic E-state index is 0.635. The summed E-state index contributed by atoms with van der Waals surface area (Å²) >= 11 is 8.75. The van der Waals surface area contributed by atoms with Crippen molar-refractivity contribution >= 4 is 33.2 Å². The molecule has 0 fully saturated rings. The maximum absolute atomic E-state index is 8.65. The van der Waals surface area contributed by atoms with Gasteiger partial charge < -0.3 is 5.32 Å². The van der Waals surface area contributed by atoms with Gasteiger partial charge in [0.15, 0.2) is 0 Å². The lowest BCUT2D eigenvalue weighted by Crippen LogP contribution is -1.98. The Morgan fingerprint density at radius 2 is 2.36 bits per heavy atom. The Morgan fingerprint density at radius 3 is 2.93 bits per heavy atom. The largest absolute Gasteiger partial charge is 0.381 e. The molecule has 0 aliphatic rings. The Kier molecular flexibility index (Phi) is 4.51. The average molecular weight is 272 g/mol. The van der Waals surface area contributed by atoms with Crippen molar-refractivity contribution in [2.45, 2.75) is 0 Å². The molecule has 4 heteroatoms. The molecule has 1 rings (SSSR count). The zero-order valence-corrected chi connectivity index (χ0v) is 9.64. The molecule has 0 saturated heterocycles. The van der Waals surface area contributed by atoms with Crippen LogP contribution in [0.4, 0.5) is 5.69 Å². The lowest BCUT2D eigenvalue weighted by atomic mass is 10.2. The first kappa shape index (κ1) is 11.1. The van der Waals surface area contributed by atoms with E-state index in [1.165, 1.54) is 5.54 Å². The van der Waals surface area contributed by atoms with Gasteiger partial charge in [-0.05, 0) is 34.1 Å². The number of rotatable bonds is 3. The normalized spacial score (nSPS) is 10.1. The number of anilines is 1. The number of nitrogens with one attached hydrogen (secondary N) is 1. The minimum Gasteiger partial charge on any atom is -0.381 e. The van der Waals surface area contributed by atoms with E-state index in [-0.39, 0.29) is 0 Å². The minimum atomic E-state index is 0.635.